The Bertz CT molecular complexity index is 116. The van der Waals surface area contributed by atoms with E-state index in [-0.39, 0.29) is 0 Å². The van der Waals surface area contributed by atoms with Crippen LogP contribution in [0.15, 0.2) is 11.6 Å². The molecule has 0 bridgehead atoms. The number of halogens is 1. The number of allylic oxidation sites excluding steroid dienone is 2. The van der Waals surface area contributed by atoms with Crippen LogP contribution in [0, 0.1) is 5.92 Å². The van der Waals surface area contributed by atoms with Crippen molar-refractivity contribution in [1.82, 2.24) is 0 Å². The fourth-order valence-electron chi connectivity index (χ4n) is 1.12. The molecule has 8 heavy (non-hydrogen) atoms. The average molecular weight is 222 g/mol. The van der Waals surface area contributed by atoms with Crippen LogP contribution in [0.5, 0.6) is 0 Å². The molecule has 0 fully saturated rings. The van der Waals surface area contributed by atoms with Crippen LogP contribution in [0.4, 0.5) is 0 Å². The van der Waals surface area contributed by atoms with Gasteiger partial charge in [0.25, 0.3) is 0 Å². The van der Waals surface area contributed by atoms with Crippen LogP contribution in [0.25, 0.3) is 0 Å². The van der Waals surface area contributed by atoms with Gasteiger partial charge in [-0.15, -0.1) is 0 Å². The van der Waals surface area contributed by atoms with E-state index >= 15 is 0 Å². The zero-order valence-electron chi connectivity index (χ0n) is 5.32. The number of hydrogen-bond donors (Lipinski definition) is 0. The van der Waals surface area contributed by atoms with Crippen LogP contribution in [0.1, 0.15) is 20.3 Å². The van der Waals surface area contributed by atoms with Crippen LogP contribution in [0.2, 0.25) is 0 Å². The van der Waals surface area contributed by atoms with Gasteiger partial charge in [0.15, 0.2) is 0 Å². The first kappa shape index (κ1) is 6.59. The monoisotopic (exact) mass is 222 g/mol. The van der Waals surface area contributed by atoms with E-state index < -0.39 is 0 Å². The van der Waals surface area contributed by atoms with Gasteiger partial charge in [-0.05, 0) is 19.3 Å². The minimum absolute atomic E-state index is 0.799. The second-order valence-electron chi connectivity index (χ2n) is 2.64. The minimum Gasteiger partial charge on any atom is -0.0778 e. The van der Waals surface area contributed by atoms with Crippen molar-refractivity contribution in [2.45, 2.75) is 24.2 Å². The summed E-state index contributed by atoms with van der Waals surface area (Å²) in [6.07, 6.45) is 3.68. The highest BCUT2D eigenvalue weighted by atomic mass is 127. The molecule has 0 aliphatic heterocycles. The number of alkyl halides is 1. The molecular weight excluding hydrogens is 211 g/mol. The van der Waals surface area contributed by atoms with Gasteiger partial charge in [-0.2, -0.15) is 0 Å². The van der Waals surface area contributed by atoms with E-state index in [4.69, 9.17) is 0 Å². The molecule has 2 atom stereocenters. The first-order chi connectivity index (χ1) is 3.70. The molecule has 0 N–H and O–H groups in total. The molecule has 0 radical (unpaired) electrons. The van der Waals surface area contributed by atoms with E-state index in [1.807, 2.05) is 0 Å². The molecule has 0 spiro atoms. The molecule has 0 aromatic heterocycles. The van der Waals surface area contributed by atoms with Gasteiger partial charge in [-0.25, -0.2) is 0 Å². The topological polar surface area (TPSA) is 0 Å². The maximum absolute atomic E-state index is 2.50. The van der Waals surface area contributed by atoms with Crippen molar-refractivity contribution in [3.05, 3.63) is 11.6 Å². The van der Waals surface area contributed by atoms with Gasteiger partial charge in [0.05, 0.1) is 0 Å². The van der Waals surface area contributed by atoms with Gasteiger partial charge in [-0.3, -0.25) is 0 Å². The van der Waals surface area contributed by atoms with Gasteiger partial charge in [0.2, 0.25) is 0 Å². The third kappa shape index (κ3) is 1.24. The fourth-order valence-corrected chi connectivity index (χ4v) is 1.99. The summed E-state index contributed by atoms with van der Waals surface area (Å²) < 4.78 is 0.799. The third-order valence-electron chi connectivity index (χ3n) is 1.63. The highest BCUT2D eigenvalue weighted by Gasteiger charge is 2.17. The van der Waals surface area contributed by atoms with Gasteiger partial charge in [0, 0.05) is 3.92 Å². The van der Waals surface area contributed by atoms with E-state index in [1.165, 1.54) is 6.42 Å². The van der Waals surface area contributed by atoms with Crippen molar-refractivity contribution in [3.8, 4) is 0 Å². The summed E-state index contributed by atoms with van der Waals surface area (Å²) in [7, 11) is 0. The summed E-state index contributed by atoms with van der Waals surface area (Å²) in [4.78, 5) is 0. The number of hydrogen-bond acceptors (Lipinski definition) is 0. The van der Waals surface area contributed by atoms with Crippen LogP contribution in [-0.2, 0) is 0 Å². The molecule has 0 unspecified atom stereocenters. The molecular formula is C7H11I. The Labute approximate surface area is 64.5 Å². The minimum atomic E-state index is 0.799. The largest absolute Gasteiger partial charge is 0.0778 e. The molecule has 0 aromatic carbocycles. The molecule has 0 saturated heterocycles. The molecule has 0 saturated carbocycles. The van der Waals surface area contributed by atoms with Crippen molar-refractivity contribution >= 4 is 22.6 Å². The lowest BCUT2D eigenvalue weighted by molar-refractivity contribution is 0.652. The molecule has 46 valence electrons. The molecule has 0 nitrogen and oxygen atoms in total. The Morgan fingerprint density at radius 1 is 1.75 bits per heavy atom. The van der Waals surface area contributed by atoms with Gasteiger partial charge in [-0.1, -0.05) is 41.2 Å². The quantitative estimate of drug-likeness (QED) is 0.336. The summed E-state index contributed by atoms with van der Waals surface area (Å²) >= 11 is 2.50. The van der Waals surface area contributed by atoms with Crippen molar-refractivity contribution in [3.63, 3.8) is 0 Å². The second kappa shape index (κ2) is 2.38. The SMILES string of the molecule is CC1=C[C@@H](I)[C@@H](C)C1. The first-order valence-electron chi connectivity index (χ1n) is 3.01. The summed E-state index contributed by atoms with van der Waals surface area (Å²) in [5.74, 6) is 0.885. The van der Waals surface area contributed by atoms with Crippen molar-refractivity contribution < 1.29 is 0 Å². The number of rotatable bonds is 0. The lowest BCUT2D eigenvalue weighted by Crippen LogP contribution is -1.99. The molecule has 1 aliphatic rings. The Hall–Kier alpha value is 0.470. The summed E-state index contributed by atoms with van der Waals surface area (Å²) in [6, 6.07) is 0. The summed E-state index contributed by atoms with van der Waals surface area (Å²) in [6.45, 7) is 4.53. The Morgan fingerprint density at radius 3 is 2.50 bits per heavy atom. The zero-order valence-corrected chi connectivity index (χ0v) is 7.47. The molecule has 0 amide bonds. The van der Waals surface area contributed by atoms with Crippen molar-refractivity contribution in [2.75, 3.05) is 0 Å². The van der Waals surface area contributed by atoms with E-state index in [0.717, 1.165) is 9.84 Å². The molecule has 1 rings (SSSR count). The molecule has 1 heteroatoms. The van der Waals surface area contributed by atoms with Crippen LogP contribution < -0.4 is 0 Å². The standard InChI is InChI=1S/C7H11I/c1-5-3-6(2)7(8)4-5/h4,6-7H,3H2,1-2H3/t6-,7+/m0/s1. The maximum atomic E-state index is 2.50. The lowest BCUT2D eigenvalue weighted by Gasteiger charge is -2.03. The average Bonchev–Trinajstić information content (AvgIpc) is 1.85. The maximum Gasteiger partial charge on any atom is 0.0320 e. The summed E-state index contributed by atoms with van der Waals surface area (Å²) in [5.41, 5.74) is 1.57. The first-order valence-corrected chi connectivity index (χ1v) is 4.26. The highest BCUT2D eigenvalue weighted by molar-refractivity contribution is 14.1. The molecule has 0 aromatic rings. The smallest absolute Gasteiger partial charge is 0.0320 e. The zero-order chi connectivity index (χ0) is 6.15. The van der Waals surface area contributed by atoms with Crippen LogP contribution in [0.3, 0.4) is 0 Å². The normalized spacial score (nSPS) is 37.6. The molecule has 1 aliphatic carbocycles. The Kier molecular flexibility index (Phi) is 1.96. The van der Waals surface area contributed by atoms with Crippen molar-refractivity contribution in [2.24, 2.45) is 5.92 Å². The second-order valence-corrected chi connectivity index (χ2v) is 4.08. The van der Waals surface area contributed by atoms with Gasteiger partial charge >= 0.3 is 0 Å². The fraction of sp³-hybridized carbons (Fsp3) is 0.714. The van der Waals surface area contributed by atoms with Crippen LogP contribution >= 0.6 is 22.6 Å². The Morgan fingerprint density at radius 2 is 2.38 bits per heavy atom. The van der Waals surface area contributed by atoms with E-state index in [2.05, 4.69) is 42.5 Å². The van der Waals surface area contributed by atoms with E-state index in [0.29, 0.717) is 0 Å². The van der Waals surface area contributed by atoms with Gasteiger partial charge < -0.3 is 0 Å². The highest BCUT2D eigenvalue weighted by Crippen LogP contribution is 2.29. The third-order valence-corrected chi connectivity index (χ3v) is 3.22. The van der Waals surface area contributed by atoms with E-state index in [1.54, 1.807) is 5.57 Å². The predicted octanol–water partition coefficient (Wildman–Crippen LogP) is 2.78. The van der Waals surface area contributed by atoms with E-state index in [9.17, 15) is 0 Å². The Balaban J connectivity index is 2.56. The van der Waals surface area contributed by atoms with Gasteiger partial charge in [0.1, 0.15) is 0 Å². The lowest BCUT2D eigenvalue weighted by atomic mass is 10.1. The van der Waals surface area contributed by atoms with Crippen LogP contribution in [-0.4, -0.2) is 3.92 Å². The van der Waals surface area contributed by atoms with Crippen molar-refractivity contribution in [1.29, 1.82) is 0 Å². The predicted molar refractivity (Wildman–Crippen MR) is 45.3 cm³/mol. The summed E-state index contributed by atoms with van der Waals surface area (Å²) in [5, 5.41) is 0. The molecule has 0 heterocycles.